The molecular formula is C15H15ClN2O5S. The molecule has 9 heteroatoms. The van der Waals surface area contributed by atoms with Gasteiger partial charge in [0.2, 0.25) is 0 Å². The summed E-state index contributed by atoms with van der Waals surface area (Å²) in [5, 5.41) is 2.69. The van der Waals surface area contributed by atoms with Crippen LogP contribution in [0.3, 0.4) is 0 Å². The number of ether oxygens (including phenoxy) is 2. The third kappa shape index (κ3) is 4.09. The smallest absolute Gasteiger partial charge is 0.333 e. The zero-order valence-corrected chi connectivity index (χ0v) is 14.4. The molecule has 2 aromatic carbocycles. The van der Waals surface area contributed by atoms with E-state index in [1.165, 1.54) is 38.5 Å². The van der Waals surface area contributed by atoms with E-state index in [1.807, 2.05) is 4.72 Å². The average Bonchev–Trinajstić information content (AvgIpc) is 2.56. The number of halogens is 1. The Morgan fingerprint density at radius 3 is 2.25 bits per heavy atom. The third-order valence-electron chi connectivity index (χ3n) is 3.00. The average molecular weight is 371 g/mol. The van der Waals surface area contributed by atoms with Crippen molar-refractivity contribution in [3.05, 3.63) is 47.5 Å². The first-order valence-electron chi connectivity index (χ1n) is 6.67. The first-order valence-corrected chi connectivity index (χ1v) is 8.54. The SMILES string of the molecule is COc1cc(NC(=O)NS(=O)(=O)c2ccccc2)c(OC)cc1Cl. The van der Waals surface area contributed by atoms with E-state index in [-0.39, 0.29) is 21.4 Å². The van der Waals surface area contributed by atoms with Gasteiger partial charge >= 0.3 is 6.03 Å². The summed E-state index contributed by atoms with van der Waals surface area (Å²) in [5.41, 5.74) is 0.208. The maximum atomic E-state index is 12.1. The molecule has 24 heavy (non-hydrogen) atoms. The molecule has 0 saturated carbocycles. The number of urea groups is 1. The Bertz CT molecular complexity index is 840. The lowest BCUT2D eigenvalue weighted by Gasteiger charge is -2.14. The number of hydrogen-bond donors (Lipinski definition) is 2. The highest BCUT2D eigenvalue weighted by molar-refractivity contribution is 7.90. The number of sulfonamides is 1. The van der Waals surface area contributed by atoms with E-state index in [1.54, 1.807) is 18.2 Å². The molecule has 2 N–H and O–H groups in total. The van der Waals surface area contributed by atoms with E-state index in [0.717, 1.165) is 0 Å². The van der Waals surface area contributed by atoms with Crippen molar-refractivity contribution in [2.75, 3.05) is 19.5 Å². The summed E-state index contributed by atoms with van der Waals surface area (Å²) in [6, 6.07) is 9.46. The van der Waals surface area contributed by atoms with E-state index in [0.29, 0.717) is 5.75 Å². The molecule has 128 valence electrons. The van der Waals surface area contributed by atoms with Gasteiger partial charge in [0.05, 0.1) is 29.8 Å². The number of rotatable bonds is 5. The molecule has 0 heterocycles. The molecule has 0 aliphatic rings. The third-order valence-corrected chi connectivity index (χ3v) is 4.64. The van der Waals surface area contributed by atoms with Gasteiger partial charge < -0.3 is 14.8 Å². The molecule has 0 atom stereocenters. The van der Waals surface area contributed by atoms with Crippen molar-refractivity contribution < 1.29 is 22.7 Å². The summed E-state index contributed by atoms with van der Waals surface area (Å²) in [6.45, 7) is 0. The second-order valence-electron chi connectivity index (χ2n) is 4.56. The molecule has 0 bridgehead atoms. The fourth-order valence-corrected chi connectivity index (χ4v) is 3.05. The standard InChI is InChI=1S/C15H15ClN2O5S/c1-22-13-9-12(14(23-2)8-11(13)16)17-15(19)18-24(20,21)10-6-4-3-5-7-10/h3-9H,1-2H3,(H2,17,18,19). The predicted octanol–water partition coefficient (Wildman–Crippen LogP) is 2.87. The number of anilines is 1. The zero-order chi connectivity index (χ0) is 17.7. The van der Waals surface area contributed by atoms with Crippen LogP contribution in [0.2, 0.25) is 5.02 Å². The van der Waals surface area contributed by atoms with Crippen molar-refractivity contribution in [1.82, 2.24) is 4.72 Å². The Hall–Kier alpha value is -2.45. The van der Waals surface area contributed by atoms with Crippen LogP contribution in [0.15, 0.2) is 47.4 Å². The van der Waals surface area contributed by atoms with Crippen molar-refractivity contribution in [3.63, 3.8) is 0 Å². The van der Waals surface area contributed by atoms with Gasteiger partial charge in [0.1, 0.15) is 11.5 Å². The van der Waals surface area contributed by atoms with Crippen LogP contribution in [0.25, 0.3) is 0 Å². The Kier molecular flexibility index (Phi) is 5.53. The first-order chi connectivity index (χ1) is 11.4. The molecule has 2 aromatic rings. The normalized spacial score (nSPS) is 10.8. The molecular weight excluding hydrogens is 356 g/mol. The second-order valence-corrected chi connectivity index (χ2v) is 6.65. The molecule has 0 radical (unpaired) electrons. The van der Waals surface area contributed by atoms with Crippen LogP contribution in [0, 0.1) is 0 Å². The van der Waals surface area contributed by atoms with Crippen LogP contribution < -0.4 is 19.5 Å². The van der Waals surface area contributed by atoms with Gasteiger partial charge in [-0.25, -0.2) is 17.9 Å². The van der Waals surface area contributed by atoms with Crippen LogP contribution in [-0.4, -0.2) is 28.7 Å². The number of amides is 2. The van der Waals surface area contributed by atoms with Crippen LogP contribution in [-0.2, 0) is 10.0 Å². The van der Waals surface area contributed by atoms with Gasteiger partial charge in [-0.2, -0.15) is 0 Å². The lowest BCUT2D eigenvalue weighted by Crippen LogP contribution is -2.34. The molecule has 0 fully saturated rings. The Morgan fingerprint density at radius 2 is 1.67 bits per heavy atom. The van der Waals surface area contributed by atoms with E-state index in [4.69, 9.17) is 21.1 Å². The van der Waals surface area contributed by atoms with Gasteiger partial charge in [-0.1, -0.05) is 29.8 Å². The quantitative estimate of drug-likeness (QED) is 0.844. The van der Waals surface area contributed by atoms with Gasteiger partial charge in [0.25, 0.3) is 10.0 Å². The van der Waals surface area contributed by atoms with Gasteiger partial charge in [-0.05, 0) is 12.1 Å². The Labute approximate surface area is 144 Å². The van der Waals surface area contributed by atoms with Gasteiger partial charge in [0, 0.05) is 12.1 Å². The maximum absolute atomic E-state index is 12.1. The molecule has 0 aliphatic carbocycles. The minimum absolute atomic E-state index is 0.0270. The van der Waals surface area contributed by atoms with Gasteiger partial charge in [-0.15, -0.1) is 0 Å². The number of benzene rings is 2. The van der Waals surface area contributed by atoms with Crippen LogP contribution >= 0.6 is 11.6 Å². The van der Waals surface area contributed by atoms with Gasteiger partial charge in [0.15, 0.2) is 0 Å². The summed E-state index contributed by atoms with van der Waals surface area (Å²) in [5.74, 6) is 0.562. The highest BCUT2D eigenvalue weighted by atomic mass is 35.5. The molecule has 0 aromatic heterocycles. The lowest BCUT2D eigenvalue weighted by atomic mass is 10.2. The molecule has 0 saturated heterocycles. The van der Waals surface area contributed by atoms with Crippen LogP contribution in [0.5, 0.6) is 11.5 Å². The summed E-state index contributed by atoms with van der Waals surface area (Å²) in [4.78, 5) is 12.0. The number of carbonyl (C=O) groups excluding carboxylic acids is 1. The topological polar surface area (TPSA) is 93.7 Å². The van der Waals surface area contributed by atoms with E-state index in [9.17, 15) is 13.2 Å². The molecule has 0 aliphatic heterocycles. The fraction of sp³-hybridized carbons (Fsp3) is 0.133. The molecule has 2 rings (SSSR count). The van der Waals surface area contributed by atoms with Crippen LogP contribution in [0.1, 0.15) is 0 Å². The highest BCUT2D eigenvalue weighted by Gasteiger charge is 2.19. The first kappa shape index (κ1) is 17.9. The molecule has 0 unspecified atom stereocenters. The van der Waals surface area contributed by atoms with Crippen LogP contribution in [0.4, 0.5) is 10.5 Å². The largest absolute Gasteiger partial charge is 0.495 e. The van der Waals surface area contributed by atoms with Gasteiger partial charge in [-0.3, -0.25) is 0 Å². The zero-order valence-electron chi connectivity index (χ0n) is 12.9. The Balaban J connectivity index is 2.21. The van der Waals surface area contributed by atoms with E-state index < -0.39 is 16.1 Å². The van der Waals surface area contributed by atoms with Crippen molar-refractivity contribution in [2.45, 2.75) is 4.90 Å². The minimum Gasteiger partial charge on any atom is -0.495 e. The lowest BCUT2D eigenvalue weighted by molar-refractivity contribution is 0.256. The van der Waals surface area contributed by atoms with E-state index in [2.05, 4.69) is 5.32 Å². The van der Waals surface area contributed by atoms with Crippen molar-refractivity contribution in [3.8, 4) is 11.5 Å². The summed E-state index contributed by atoms with van der Waals surface area (Å²) in [7, 11) is -1.18. The monoisotopic (exact) mass is 370 g/mol. The predicted molar refractivity (Wildman–Crippen MR) is 90.3 cm³/mol. The van der Waals surface area contributed by atoms with Crippen molar-refractivity contribution >= 4 is 33.3 Å². The van der Waals surface area contributed by atoms with Crippen molar-refractivity contribution in [2.24, 2.45) is 0 Å². The minimum atomic E-state index is -3.98. The number of methoxy groups -OCH3 is 2. The number of nitrogens with one attached hydrogen (secondary N) is 2. The number of hydrogen-bond acceptors (Lipinski definition) is 5. The number of carbonyl (C=O) groups is 1. The summed E-state index contributed by atoms with van der Waals surface area (Å²) >= 11 is 5.97. The fourth-order valence-electron chi connectivity index (χ4n) is 1.89. The maximum Gasteiger partial charge on any atom is 0.333 e. The summed E-state index contributed by atoms with van der Waals surface area (Å²) < 4.78 is 36.3. The molecule has 0 spiro atoms. The molecule has 2 amide bonds. The highest BCUT2D eigenvalue weighted by Crippen LogP contribution is 2.35. The summed E-state index contributed by atoms with van der Waals surface area (Å²) in [6.07, 6.45) is 0. The molecule has 7 nitrogen and oxygen atoms in total. The van der Waals surface area contributed by atoms with E-state index >= 15 is 0 Å². The van der Waals surface area contributed by atoms with Crippen molar-refractivity contribution in [1.29, 1.82) is 0 Å². The second kappa shape index (κ2) is 7.41. The Morgan fingerprint density at radius 1 is 1.04 bits per heavy atom.